The van der Waals surface area contributed by atoms with Crippen molar-refractivity contribution < 1.29 is 13.6 Å². The highest BCUT2D eigenvalue weighted by atomic mass is 79.9. The molecule has 1 aromatic rings. The van der Waals surface area contributed by atoms with Crippen LogP contribution in [-0.4, -0.2) is 5.78 Å². The quantitative estimate of drug-likeness (QED) is 0.744. The Labute approximate surface area is 103 Å². The summed E-state index contributed by atoms with van der Waals surface area (Å²) in [5.41, 5.74) is 0.182. The molecule has 82 valence electrons. The Hall–Kier alpha value is -0.290. The molecule has 1 unspecified atom stereocenters. The molecule has 0 spiro atoms. The van der Waals surface area contributed by atoms with Gasteiger partial charge in [-0.05, 0) is 18.6 Å². The molecular formula is C10H8Br2F2O. The van der Waals surface area contributed by atoms with E-state index in [2.05, 4.69) is 31.9 Å². The average Bonchev–Trinajstić information content (AvgIpc) is 2.15. The van der Waals surface area contributed by atoms with Crippen molar-refractivity contribution in [1.82, 2.24) is 0 Å². The summed E-state index contributed by atoms with van der Waals surface area (Å²) in [7, 11) is 0. The lowest BCUT2D eigenvalue weighted by Crippen LogP contribution is -2.05. The van der Waals surface area contributed by atoms with E-state index in [4.69, 9.17) is 0 Å². The van der Waals surface area contributed by atoms with E-state index in [1.165, 1.54) is 19.1 Å². The van der Waals surface area contributed by atoms with E-state index in [1.807, 2.05) is 0 Å². The molecule has 1 aromatic carbocycles. The molecule has 5 heteroatoms. The minimum absolute atomic E-state index is 0.130. The minimum atomic E-state index is -2.60. The Morgan fingerprint density at radius 3 is 2.47 bits per heavy atom. The third-order valence-corrected chi connectivity index (χ3v) is 3.76. The summed E-state index contributed by atoms with van der Waals surface area (Å²) in [4.78, 5) is 10.4. The van der Waals surface area contributed by atoms with E-state index in [9.17, 15) is 13.6 Å². The van der Waals surface area contributed by atoms with Gasteiger partial charge in [-0.3, -0.25) is 4.79 Å². The molecule has 0 aliphatic carbocycles. The largest absolute Gasteiger partial charge is 0.298 e. The second kappa shape index (κ2) is 5.16. The number of Topliss-reactive ketones (excluding diaryl/α,β-unsaturated/α-hetero) is 1. The molecule has 0 amide bonds. The van der Waals surface area contributed by atoms with Crippen LogP contribution < -0.4 is 0 Å². The molecule has 0 radical (unpaired) electrons. The van der Waals surface area contributed by atoms with Crippen LogP contribution in [0.15, 0.2) is 22.7 Å². The summed E-state index contributed by atoms with van der Waals surface area (Å²) in [6.45, 7) is 1.36. The van der Waals surface area contributed by atoms with Gasteiger partial charge in [0.2, 0.25) is 0 Å². The van der Waals surface area contributed by atoms with Crippen LogP contribution in [0, 0.1) is 0 Å². The maximum atomic E-state index is 12.7. The molecule has 15 heavy (non-hydrogen) atoms. The maximum absolute atomic E-state index is 12.7. The zero-order valence-electron chi connectivity index (χ0n) is 7.81. The molecule has 0 bridgehead atoms. The Bertz CT molecular complexity index is 380. The smallest absolute Gasteiger partial charge is 0.265 e. The van der Waals surface area contributed by atoms with Gasteiger partial charge in [-0.15, -0.1) is 0 Å². The summed E-state index contributed by atoms with van der Waals surface area (Å²) >= 11 is 6.15. The van der Waals surface area contributed by atoms with E-state index in [0.717, 1.165) is 0 Å². The molecule has 0 aliphatic rings. The zero-order valence-corrected chi connectivity index (χ0v) is 11.0. The Morgan fingerprint density at radius 2 is 2.00 bits per heavy atom. The second-order valence-corrected chi connectivity index (χ2v) is 4.79. The lowest BCUT2D eigenvalue weighted by molar-refractivity contribution is -0.116. The molecular weight excluding hydrogens is 334 g/mol. The average molecular weight is 342 g/mol. The van der Waals surface area contributed by atoms with Crippen molar-refractivity contribution in [2.75, 3.05) is 0 Å². The standard InChI is InChI=1S/C10H8Br2F2O/c1-5(15)9(12)6-3-2-4-7(11)8(6)10(13)14/h2-4,9-10H,1H3. The third kappa shape index (κ3) is 2.84. The predicted molar refractivity (Wildman–Crippen MR) is 61.4 cm³/mol. The summed E-state index contributed by atoms with van der Waals surface area (Å²) in [5, 5.41) is 0. The van der Waals surface area contributed by atoms with Gasteiger partial charge in [0.05, 0.1) is 4.83 Å². The van der Waals surface area contributed by atoms with Crippen molar-refractivity contribution in [3.63, 3.8) is 0 Å². The zero-order chi connectivity index (χ0) is 11.6. The Morgan fingerprint density at radius 1 is 1.40 bits per heavy atom. The van der Waals surface area contributed by atoms with Crippen molar-refractivity contribution in [2.45, 2.75) is 18.2 Å². The second-order valence-electron chi connectivity index (χ2n) is 3.02. The molecule has 0 saturated carbocycles. The van der Waals surface area contributed by atoms with E-state index in [0.29, 0.717) is 10.0 Å². The van der Waals surface area contributed by atoms with Gasteiger partial charge >= 0.3 is 0 Å². The molecule has 0 saturated heterocycles. The first-order valence-corrected chi connectivity index (χ1v) is 5.87. The lowest BCUT2D eigenvalue weighted by atomic mass is 10.0. The van der Waals surface area contributed by atoms with Crippen molar-refractivity contribution in [3.8, 4) is 0 Å². The van der Waals surface area contributed by atoms with E-state index < -0.39 is 11.3 Å². The van der Waals surface area contributed by atoms with Gasteiger partial charge in [-0.25, -0.2) is 8.78 Å². The van der Waals surface area contributed by atoms with Crippen LogP contribution in [0.25, 0.3) is 0 Å². The van der Waals surface area contributed by atoms with Gasteiger partial charge in [0.15, 0.2) is 0 Å². The van der Waals surface area contributed by atoms with Gasteiger partial charge in [0, 0.05) is 10.0 Å². The van der Waals surface area contributed by atoms with Crippen LogP contribution in [0.3, 0.4) is 0 Å². The first-order chi connectivity index (χ1) is 6.95. The highest BCUT2D eigenvalue weighted by molar-refractivity contribution is 9.10. The minimum Gasteiger partial charge on any atom is -0.298 e. The molecule has 0 aliphatic heterocycles. The van der Waals surface area contributed by atoms with Crippen molar-refractivity contribution in [3.05, 3.63) is 33.8 Å². The number of alkyl halides is 3. The van der Waals surface area contributed by atoms with Crippen molar-refractivity contribution in [2.24, 2.45) is 0 Å². The number of hydrogen-bond donors (Lipinski definition) is 0. The summed E-state index contributed by atoms with van der Waals surface area (Å²) in [6.07, 6.45) is -2.60. The first-order valence-electron chi connectivity index (χ1n) is 4.16. The maximum Gasteiger partial charge on any atom is 0.265 e. The highest BCUT2D eigenvalue weighted by Gasteiger charge is 2.23. The number of carbonyl (C=O) groups is 1. The predicted octanol–water partition coefficient (Wildman–Crippen LogP) is 4.41. The molecule has 1 rings (SSSR count). The lowest BCUT2D eigenvalue weighted by Gasteiger charge is -2.13. The van der Waals surface area contributed by atoms with Gasteiger partial charge < -0.3 is 0 Å². The molecule has 0 aromatic heterocycles. The van der Waals surface area contributed by atoms with E-state index >= 15 is 0 Å². The first kappa shape index (κ1) is 12.8. The molecule has 1 atom stereocenters. The summed E-state index contributed by atoms with van der Waals surface area (Å²) in [6, 6.07) is 4.68. The normalized spacial score (nSPS) is 12.9. The van der Waals surface area contributed by atoms with Gasteiger partial charge in [0.25, 0.3) is 6.43 Å². The van der Waals surface area contributed by atoms with Crippen LogP contribution in [0.4, 0.5) is 8.78 Å². The number of hydrogen-bond acceptors (Lipinski definition) is 1. The SMILES string of the molecule is CC(=O)C(Br)c1cccc(Br)c1C(F)F. The fourth-order valence-corrected chi connectivity index (χ4v) is 2.18. The van der Waals surface area contributed by atoms with E-state index in [1.54, 1.807) is 6.07 Å². The van der Waals surface area contributed by atoms with Crippen LogP contribution in [-0.2, 0) is 4.79 Å². The van der Waals surface area contributed by atoms with Gasteiger partial charge in [-0.1, -0.05) is 44.0 Å². The Kier molecular flexibility index (Phi) is 4.40. The molecule has 0 fully saturated rings. The van der Waals surface area contributed by atoms with Crippen molar-refractivity contribution >= 4 is 37.6 Å². The topological polar surface area (TPSA) is 17.1 Å². The van der Waals surface area contributed by atoms with Crippen LogP contribution in [0.1, 0.15) is 29.3 Å². The van der Waals surface area contributed by atoms with Crippen LogP contribution in [0.2, 0.25) is 0 Å². The number of rotatable bonds is 3. The third-order valence-electron chi connectivity index (χ3n) is 1.93. The highest BCUT2D eigenvalue weighted by Crippen LogP contribution is 2.36. The monoisotopic (exact) mass is 340 g/mol. The fourth-order valence-electron chi connectivity index (χ4n) is 1.22. The number of halogens is 4. The number of ketones is 1. The van der Waals surface area contributed by atoms with E-state index in [-0.39, 0.29) is 11.3 Å². The molecule has 1 nitrogen and oxygen atoms in total. The summed E-state index contributed by atoms with van der Waals surface area (Å²) in [5.74, 6) is -0.199. The van der Waals surface area contributed by atoms with Gasteiger partial charge in [0.1, 0.15) is 5.78 Å². The van der Waals surface area contributed by atoms with Crippen molar-refractivity contribution in [1.29, 1.82) is 0 Å². The van der Waals surface area contributed by atoms with Crippen LogP contribution >= 0.6 is 31.9 Å². The molecule has 0 heterocycles. The number of carbonyl (C=O) groups excluding carboxylic acids is 1. The fraction of sp³-hybridized carbons (Fsp3) is 0.300. The Balaban J connectivity index is 3.28. The number of benzene rings is 1. The molecule has 0 N–H and O–H groups in total. The summed E-state index contributed by atoms with van der Waals surface area (Å²) < 4.78 is 25.8. The van der Waals surface area contributed by atoms with Gasteiger partial charge in [-0.2, -0.15) is 0 Å². The van der Waals surface area contributed by atoms with Crippen LogP contribution in [0.5, 0.6) is 0 Å².